The summed E-state index contributed by atoms with van der Waals surface area (Å²) in [5, 5.41) is 6.63. The first-order valence-corrected chi connectivity index (χ1v) is 10.2. The van der Waals surface area contributed by atoms with Gasteiger partial charge in [-0.3, -0.25) is 14.7 Å². The van der Waals surface area contributed by atoms with E-state index in [-0.39, 0.29) is 5.91 Å². The zero-order valence-electron chi connectivity index (χ0n) is 16.4. The third-order valence-electron chi connectivity index (χ3n) is 5.35. The van der Waals surface area contributed by atoms with Crippen LogP contribution in [0, 0.1) is 5.92 Å². The van der Waals surface area contributed by atoms with Gasteiger partial charge in [-0.2, -0.15) is 0 Å². The van der Waals surface area contributed by atoms with Gasteiger partial charge in [0.1, 0.15) is 0 Å². The monoisotopic (exact) mass is 351 g/mol. The lowest BCUT2D eigenvalue weighted by Gasteiger charge is -2.31. The Bertz CT molecular complexity index is 440. The molecule has 0 aromatic carbocycles. The van der Waals surface area contributed by atoms with Crippen LogP contribution in [0.3, 0.4) is 0 Å². The summed E-state index contributed by atoms with van der Waals surface area (Å²) in [6, 6.07) is 0.567. The molecule has 0 bridgehead atoms. The minimum Gasteiger partial charge on any atom is -0.357 e. The molecular weight excluding hydrogens is 314 g/mol. The molecule has 2 atom stereocenters. The quantitative estimate of drug-likeness (QED) is 0.541. The highest BCUT2D eigenvalue weighted by Crippen LogP contribution is 2.17. The summed E-state index contributed by atoms with van der Waals surface area (Å²) in [4.78, 5) is 21.6. The van der Waals surface area contributed by atoms with Crippen molar-refractivity contribution in [3.63, 3.8) is 0 Å². The van der Waals surface area contributed by atoms with Gasteiger partial charge in [0.2, 0.25) is 5.91 Å². The fourth-order valence-electron chi connectivity index (χ4n) is 3.92. The summed E-state index contributed by atoms with van der Waals surface area (Å²) in [5.41, 5.74) is 0. The maximum atomic E-state index is 12.4. The molecule has 2 heterocycles. The summed E-state index contributed by atoms with van der Waals surface area (Å²) < 4.78 is 0. The highest BCUT2D eigenvalue weighted by Gasteiger charge is 2.23. The molecule has 1 amide bonds. The van der Waals surface area contributed by atoms with Gasteiger partial charge >= 0.3 is 0 Å². The first kappa shape index (κ1) is 20.0. The van der Waals surface area contributed by atoms with Crippen molar-refractivity contribution < 1.29 is 4.79 Å². The molecule has 2 saturated heterocycles. The van der Waals surface area contributed by atoms with E-state index in [9.17, 15) is 4.79 Å². The lowest BCUT2D eigenvalue weighted by molar-refractivity contribution is -0.132. The number of likely N-dealkylation sites (tertiary alicyclic amines) is 2. The number of aliphatic imine (C=N–C) groups is 1. The molecule has 0 aromatic rings. The first-order valence-electron chi connectivity index (χ1n) is 10.2. The molecule has 6 nitrogen and oxygen atoms in total. The van der Waals surface area contributed by atoms with Gasteiger partial charge in [0, 0.05) is 38.6 Å². The van der Waals surface area contributed by atoms with Gasteiger partial charge in [0.15, 0.2) is 5.96 Å². The van der Waals surface area contributed by atoms with Crippen molar-refractivity contribution in [3.8, 4) is 0 Å². The summed E-state index contributed by atoms with van der Waals surface area (Å²) in [6.45, 7) is 13.0. The number of amides is 1. The number of nitrogens with zero attached hydrogens (tertiary/aromatic N) is 3. The molecule has 2 aliphatic heterocycles. The van der Waals surface area contributed by atoms with Crippen LogP contribution >= 0.6 is 0 Å². The molecular formula is C19H37N5O. The minimum atomic E-state index is 0.267. The summed E-state index contributed by atoms with van der Waals surface area (Å²) >= 11 is 0. The Labute approximate surface area is 153 Å². The number of nitrogens with one attached hydrogen (secondary N) is 2. The molecule has 2 N–H and O–H groups in total. The van der Waals surface area contributed by atoms with E-state index in [0.29, 0.717) is 24.9 Å². The Morgan fingerprint density at radius 2 is 1.96 bits per heavy atom. The molecule has 144 valence electrons. The minimum absolute atomic E-state index is 0.267. The van der Waals surface area contributed by atoms with Crippen LogP contribution in [0.2, 0.25) is 0 Å². The number of piperidine rings is 1. The zero-order valence-corrected chi connectivity index (χ0v) is 16.4. The second kappa shape index (κ2) is 10.6. The highest BCUT2D eigenvalue weighted by atomic mass is 16.2. The van der Waals surface area contributed by atoms with Gasteiger partial charge in [-0.05, 0) is 51.6 Å². The van der Waals surface area contributed by atoms with Gasteiger partial charge in [0.25, 0.3) is 0 Å². The van der Waals surface area contributed by atoms with E-state index in [2.05, 4.69) is 36.3 Å². The third kappa shape index (κ3) is 6.49. The molecule has 0 aliphatic carbocycles. The van der Waals surface area contributed by atoms with Crippen LogP contribution in [0.25, 0.3) is 0 Å². The number of guanidine groups is 1. The largest absolute Gasteiger partial charge is 0.357 e. The Kier molecular flexibility index (Phi) is 8.52. The summed E-state index contributed by atoms with van der Waals surface area (Å²) in [7, 11) is 0. The van der Waals surface area contributed by atoms with Gasteiger partial charge in [-0.25, -0.2) is 0 Å². The van der Waals surface area contributed by atoms with Gasteiger partial charge in [-0.15, -0.1) is 0 Å². The van der Waals surface area contributed by atoms with E-state index in [1.54, 1.807) is 0 Å². The van der Waals surface area contributed by atoms with Crippen molar-refractivity contribution >= 4 is 11.9 Å². The average molecular weight is 352 g/mol. The molecule has 0 radical (unpaired) electrons. The smallest absolute Gasteiger partial charge is 0.224 e. The predicted molar refractivity (Wildman–Crippen MR) is 104 cm³/mol. The van der Waals surface area contributed by atoms with Crippen molar-refractivity contribution in [2.75, 3.05) is 45.8 Å². The highest BCUT2D eigenvalue weighted by molar-refractivity contribution is 5.81. The van der Waals surface area contributed by atoms with Crippen molar-refractivity contribution in [2.45, 2.75) is 58.9 Å². The van der Waals surface area contributed by atoms with E-state index in [0.717, 1.165) is 45.1 Å². The Balaban J connectivity index is 1.74. The van der Waals surface area contributed by atoms with Crippen LogP contribution < -0.4 is 10.6 Å². The number of carbonyl (C=O) groups is 1. The lowest BCUT2D eigenvalue weighted by atomic mass is 10.00. The molecule has 2 fully saturated rings. The van der Waals surface area contributed by atoms with Crippen LogP contribution in [0.15, 0.2) is 4.99 Å². The fraction of sp³-hybridized carbons (Fsp3) is 0.895. The van der Waals surface area contributed by atoms with E-state index >= 15 is 0 Å². The molecule has 2 unspecified atom stereocenters. The Morgan fingerprint density at radius 1 is 1.16 bits per heavy atom. The molecule has 0 saturated carbocycles. The molecule has 6 heteroatoms. The van der Waals surface area contributed by atoms with Crippen LogP contribution in [-0.4, -0.2) is 73.5 Å². The van der Waals surface area contributed by atoms with E-state index in [4.69, 9.17) is 4.99 Å². The second-order valence-electron chi connectivity index (χ2n) is 7.41. The summed E-state index contributed by atoms with van der Waals surface area (Å²) in [5.74, 6) is 1.74. The maximum absolute atomic E-state index is 12.4. The van der Waals surface area contributed by atoms with E-state index in [1.165, 1.54) is 25.8 Å². The molecule has 0 spiro atoms. The number of likely N-dealkylation sites (N-methyl/N-ethyl adjacent to an activating group) is 1. The SMILES string of the molecule is CCNC(=NCC1CCCN1CC)NCCC(=O)N1CCCC(C)C1. The topological polar surface area (TPSA) is 60.0 Å². The van der Waals surface area contributed by atoms with Gasteiger partial charge in [0.05, 0.1) is 6.54 Å². The van der Waals surface area contributed by atoms with Crippen molar-refractivity contribution in [3.05, 3.63) is 0 Å². The number of carbonyl (C=O) groups excluding carboxylic acids is 1. The van der Waals surface area contributed by atoms with Crippen LogP contribution in [0.1, 0.15) is 52.9 Å². The van der Waals surface area contributed by atoms with Crippen molar-refractivity contribution in [1.82, 2.24) is 20.4 Å². The maximum Gasteiger partial charge on any atom is 0.224 e. The van der Waals surface area contributed by atoms with Gasteiger partial charge < -0.3 is 15.5 Å². The Hall–Kier alpha value is -1.30. The molecule has 25 heavy (non-hydrogen) atoms. The summed E-state index contributed by atoms with van der Waals surface area (Å²) in [6.07, 6.45) is 5.44. The lowest BCUT2D eigenvalue weighted by Crippen LogP contribution is -2.43. The first-order chi connectivity index (χ1) is 12.1. The van der Waals surface area contributed by atoms with Crippen molar-refractivity contribution in [2.24, 2.45) is 10.9 Å². The van der Waals surface area contributed by atoms with E-state index < -0.39 is 0 Å². The third-order valence-corrected chi connectivity index (χ3v) is 5.35. The van der Waals surface area contributed by atoms with Gasteiger partial charge in [-0.1, -0.05) is 13.8 Å². The molecule has 2 aliphatic rings. The number of hydrogen-bond donors (Lipinski definition) is 2. The molecule has 2 rings (SSSR count). The standard InChI is InChI=1S/C19H37N5O/c1-4-20-19(22-14-17-9-7-12-23(17)5-2)21-11-10-18(25)24-13-6-8-16(3)15-24/h16-17H,4-15H2,1-3H3,(H2,20,21,22). The zero-order chi connectivity index (χ0) is 18.1. The average Bonchev–Trinajstić information content (AvgIpc) is 3.07. The van der Waals surface area contributed by atoms with Crippen LogP contribution in [0.5, 0.6) is 0 Å². The fourth-order valence-corrected chi connectivity index (χ4v) is 3.92. The Morgan fingerprint density at radius 3 is 2.68 bits per heavy atom. The second-order valence-corrected chi connectivity index (χ2v) is 7.41. The van der Waals surface area contributed by atoms with Crippen LogP contribution in [0.4, 0.5) is 0 Å². The normalized spacial score (nSPS) is 25.2. The number of hydrogen-bond acceptors (Lipinski definition) is 3. The molecule has 0 aromatic heterocycles. The predicted octanol–water partition coefficient (Wildman–Crippen LogP) is 1.67. The van der Waals surface area contributed by atoms with Crippen LogP contribution in [-0.2, 0) is 4.79 Å². The van der Waals surface area contributed by atoms with Crippen molar-refractivity contribution in [1.29, 1.82) is 0 Å². The van der Waals surface area contributed by atoms with E-state index in [1.807, 2.05) is 4.90 Å². The number of rotatable bonds is 7.